The molecule has 0 unspecified atom stereocenters. The number of hydrogen-bond donors (Lipinski definition) is 2. The Kier molecular flexibility index (Phi) is 5.51. The fraction of sp³-hybridized carbons (Fsp3) is 0.533. The van der Waals surface area contributed by atoms with Crippen molar-refractivity contribution in [3.05, 3.63) is 29.6 Å². The number of nitrogens with zero attached hydrogens (tertiary/aromatic N) is 1. The van der Waals surface area contributed by atoms with Crippen LogP contribution in [0.3, 0.4) is 0 Å². The molecule has 1 amide bonds. The summed E-state index contributed by atoms with van der Waals surface area (Å²) in [7, 11) is 5.59. The Labute approximate surface area is 120 Å². The zero-order chi connectivity index (χ0) is 15.3. The van der Waals surface area contributed by atoms with E-state index in [0.717, 1.165) is 6.54 Å². The van der Waals surface area contributed by atoms with Gasteiger partial charge < -0.3 is 15.5 Å². The maximum absolute atomic E-state index is 13.6. The van der Waals surface area contributed by atoms with E-state index >= 15 is 0 Å². The average molecular weight is 281 g/mol. The second-order valence-corrected chi connectivity index (χ2v) is 6.00. The van der Waals surface area contributed by atoms with Crippen LogP contribution in [-0.4, -0.2) is 45.0 Å². The minimum absolute atomic E-state index is 0.0493. The highest BCUT2D eigenvalue weighted by Crippen LogP contribution is 2.20. The molecule has 2 N–H and O–H groups in total. The van der Waals surface area contributed by atoms with E-state index in [9.17, 15) is 9.18 Å². The molecule has 20 heavy (non-hydrogen) atoms. The van der Waals surface area contributed by atoms with E-state index in [1.165, 1.54) is 12.1 Å². The van der Waals surface area contributed by atoms with Crippen LogP contribution >= 0.6 is 0 Å². The number of rotatable bonds is 6. The Balaban J connectivity index is 2.75. The number of carbonyl (C=O) groups excluding carboxylic acids is 1. The van der Waals surface area contributed by atoms with Crippen molar-refractivity contribution < 1.29 is 9.18 Å². The molecule has 1 aromatic carbocycles. The highest BCUT2D eigenvalue weighted by atomic mass is 19.1. The second kappa shape index (κ2) is 6.70. The number of carbonyl (C=O) groups is 1. The molecule has 0 fully saturated rings. The number of nitrogens with one attached hydrogen (secondary N) is 2. The molecular weight excluding hydrogens is 257 g/mol. The number of anilines is 1. The molecule has 0 bridgehead atoms. The topological polar surface area (TPSA) is 44.4 Å². The van der Waals surface area contributed by atoms with E-state index in [1.807, 2.05) is 14.1 Å². The first-order chi connectivity index (χ1) is 9.26. The predicted molar refractivity (Wildman–Crippen MR) is 80.6 cm³/mol. The molecule has 0 aliphatic carbocycles. The third-order valence-electron chi connectivity index (χ3n) is 2.98. The maximum atomic E-state index is 13.6. The highest BCUT2D eigenvalue weighted by molar-refractivity contribution is 5.99. The Morgan fingerprint density at radius 1 is 1.35 bits per heavy atom. The summed E-state index contributed by atoms with van der Waals surface area (Å²) < 4.78 is 13.6. The first-order valence-corrected chi connectivity index (χ1v) is 6.66. The van der Waals surface area contributed by atoms with Crippen molar-refractivity contribution in [2.75, 3.05) is 39.5 Å². The molecule has 0 heterocycles. The fourth-order valence-electron chi connectivity index (χ4n) is 2.29. The maximum Gasteiger partial charge on any atom is 0.253 e. The average Bonchev–Trinajstić information content (AvgIpc) is 2.34. The lowest BCUT2D eigenvalue weighted by molar-refractivity contribution is 0.0929. The molecule has 5 heteroatoms. The van der Waals surface area contributed by atoms with Crippen LogP contribution in [0.15, 0.2) is 18.2 Å². The van der Waals surface area contributed by atoms with Gasteiger partial charge in [0.15, 0.2) is 0 Å². The molecular formula is C15H24FN3O. The summed E-state index contributed by atoms with van der Waals surface area (Å²) in [5.41, 5.74) is 0.510. The van der Waals surface area contributed by atoms with Gasteiger partial charge >= 0.3 is 0 Å². The summed E-state index contributed by atoms with van der Waals surface area (Å²) in [6.45, 7) is 5.55. The molecule has 0 aromatic heterocycles. The zero-order valence-electron chi connectivity index (χ0n) is 12.9. The van der Waals surface area contributed by atoms with E-state index in [1.54, 1.807) is 13.1 Å². The van der Waals surface area contributed by atoms with Crippen molar-refractivity contribution in [3.63, 3.8) is 0 Å². The standard InChI is InChI=1S/C15H24FN3O/c1-15(2,10-19(4)5)9-18-14(20)11-7-6-8-12(16)13(11)17-3/h6-8,17H,9-10H2,1-5H3,(H,18,20). The minimum Gasteiger partial charge on any atom is -0.385 e. The van der Waals surface area contributed by atoms with Gasteiger partial charge in [-0.1, -0.05) is 19.9 Å². The summed E-state index contributed by atoms with van der Waals surface area (Å²) in [5.74, 6) is -0.687. The number of halogens is 1. The van der Waals surface area contributed by atoms with Crippen LogP contribution in [0.2, 0.25) is 0 Å². The number of hydrogen-bond acceptors (Lipinski definition) is 3. The van der Waals surface area contributed by atoms with Crippen LogP contribution in [0, 0.1) is 11.2 Å². The largest absolute Gasteiger partial charge is 0.385 e. The van der Waals surface area contributed by atoms with Crippen molar-refractivity contribution in [2.45, 2.75) is 13.8 Å². The predicted octanol–water partition coefficient (Wildman–Crippen LogP) is 2.18. The van der Waals surface area contributed by atoms with E-state index in [0.29, 0.717) is 12.1 Å². The molecule has 4 nitrogen and oxygen atoms in total. The van der Waals surface area contributed by atoms with E-state index in [4.69, 9.17) is 0 Å². The quantitative estimate of drug-likeness (QED) is 0.840. The van der Waals surface area contributed by atoms with Crippen LogP contribution in [0.25, 0.3) is 0 Å². The number of para-hydroxylation sites is 1. The number of amides is 1. The van der Waals surface area contributed by atoms with Gasteiger partial charge in [0.05, 0.1) is 11.3 Å². The Morgan fingerprint density at radius 3 is 2.55 bits per heavy atom. The van der Waals surface area contributed by atoms with Crippen molar-refractivity contribution in [2.24, 2.45) is 5.41 Å². The zero-order valence-corrected chi connectivity index (χ0v) is 12.9. The fourth-order valence-corrected chi connectivity index (χ4v) is 2.29. The lowest BCUT2D eigenvalue weighted by atomic mass is 9.93. The lowest BCUT2D eigenvalue weighted by Crippen LogP contribution is -2.40. The molecule has 1 aromatic rings. The van der Waals surface area contributed by atoms with Gasteiger partial charge in [-0.3, -0.25) is 4.79 Å². The van der Waals surface area contributed by atoms with E-state index in [2.05, 4.69) is 29.4 Å². The van der Waals surface area contributed by atoms with E-state index in [-0.39, 0.29) is 17.0 Å². The van der Waals surface area contributed by atoms with Crippen molar-refractivity contribution >= 4 is 11.6 Å². The highest BCUT2D eigenvalue weighted by Gasteiger charge is 2.21. The smallest absolute Gasteiger partial charge is 0.253 e. The molecule has 0 aliphatic heterocycles. The molecule has 0 atom stereocenters. The van der Waals surface area contributed by atoms with Crippen LogP contribution in [-0.2, 0) is 0 Å². The van der Waals surface area contributed by atoms with Crippen LogP contribution in [0.4, 0.5) is 10.1 Å². The van der Waals surface area contributed by atoms with Gasteiger partial charge in [-0.05, 0) is 31.6 Å². The Bertz CT molecular complexity index is 472. The van der Waals surface area contributed by atoms with Gasteiger partial charge in [0.25, 0.3) is 5.91 Å². The Hall–Kier alpha value is -1.62. The molecule has 1 rings (SSSR count). The first-order valence-electron chi connectivity index (χ1n) is 6.66. The number of benzene rings is 1. The van der Waals surface area contributed by atoms with Crippen molar-refractivity contribution in [1.82, 2.24) is 10.2 Å². The molecule has 0 saturated carbocycles. The van der Waals surface area contributed by atoms with Crippen LogP contribution in [0.1, 0.15) is 24.2 Å². The summed E-state index contributed by atoms with van der Waals surface area (Å²) in [6, 6.07) is 4.48. The third kappa shape index (κ3) is 4.49. The summed E-state index contributed by atoms with van der Waals surface area (Å²) in [5, 5.41) is 5.60. The van der Waals surface area contributed by atoms with Crippen molar-refractivity contribution in [3.8, 4) is 0 Å². The SMILES string of the molecule is CNc1c(F)cccc1C(=O)NCC(C)(C)CN(C)C. The van der Waals surface area contributed by atoms with E-state index < -0.39 is 5.82 Å². The monoisotopic (exact) mass is 281 g/mol. The normalized spacial score (nSPS) is 11.6. The summed E-state index contributed by atoms with van der Waals surface area (Å²) in [4.78, 5) is 14.3. The van der Waals surface area contributed by atoms with Crippen LogP contribution in [0.5, 0.6) is 0 Å². The van der Waals surface area contributed by atoms with Gasteiger partial charge in [0, 0.05) is 20.1 Å². The molecule has 0 aliphatic rings. The van der Waals surface area contributed by atoms with Gasteiger partial charge in [0.1, 0.15) is 5.82 Å². The molecule has 0 saturated heterocycles. The van der Waals surface area contributed by atoms with Gasteiger partial charge in [0.2, 0.25) is 0 Å². The molecule has 0 radical (unpaired) electrons. The van der Waals surface area contributed by atoms with Crippen LogP contribution < -0.4 is 10.6 Å². The minimum atomic E-state index is -0.423. The van der Waals surface area contributed by atoms with Gasteiger partial charge in [-0.25, -0.2) is 4.39 Å². The summed E-state index contributed by atoms with van der Waals surface area (Å²) >= 11 is 0. The van der Waals surface area contributed by atoms with Gasteiger partial charge in [-0.2, -0.15) is 0 Å². The third-order valence-corrected chi connectivity index (χ3v) is 2.98. The molecule has 112 valence electrons. The summed E-state index contributed by atoms with van der Waals surface area (Å²) in [6.07, 6.45) is 0. The van der Waals surface area contributed by atoms with Gasteiger partial charge in [-0.15, -0.1) is 0 Å². The second-order valence-electron chi connectivity index (χ2n) is 6.00. The first kappa shape index (κ1) is 16.4. The lowest BCUT2D eigenvalue weighted by Gasteiger charge is -2.28. The Morgan fingerprint density at radius 2 is 2.00 bits per heavy atom. The molecule has 0 spiro atoms. The van der Waals surface area contributed by atoms with Crippen molar-refractivity contribution in [1.29, 1.82) is 0 Å².